The van der Waals surface area contributed by atoms with Gasteiger partial charge in [0.15, 0.2) is 6.23 Å². The number of esters is 1. The molecule has 0 aliphatic carbocycles. The van der Waals surface area contributed by atoms with E-state index in [-0.39, 0.29) is 0 Å². The van der Waals surface area contributed by atoms with Crippen molar-refractivity contribution in [3.63, 3.8) is 0 Å². The van der Waals surface area contributed by atoms with Crippen LogP contribution in [0.3, 0.4) is 0 Å². The maximum Gasteiger partial charge on any atom is 0.330 e. The number of carbonyl (C=O) groups is 2. The SMILES string of the molecule is COC(=O)/C=C/C(=O)N[C@@H]1O[C@H](CO)[C@@H](O)[C@H](O)[C@H]1O. The van der Waals surface area contributed by atoms with Gasteiger partial charge in [-0.1, -0.05) is 0 Å². The van der Waals surface area contributed by atoms with Gasteiger partial charge in [-0.15, -0.1) is 0 Å². The summed E-state index contributed by atoms with van der Waals surface area (Å²) in [7, 11) is 1.14. The Hall–Kier alpha value is -1.52. The van der Waals surface area contributed by atoms with Gasteiger partial charge in [-0.2, -0.15) is 0 Å². The average molecular weight is 291 g/mol. The lowest BCUT2D eigenvalue weighted by molar-refractivity contribution is -0.235. The zero-order valence-corrected chi connectivity index (χ0v) is 10.7. The largest absolute Gasteiger partial charge is 0.466 e. The van der Waals surface area contributed by atoms with Crippen LogP contribution < -0.4 is 5.32 Å². The highest BCUT2D eigenvalue weighted by atomic mass is 16.6. The van der Waals surface area contributed by atoms with Gasteiger partial charge < -0.3 is 35.2 Å². The van der Waals surface area contributed by atoms with E-state index in [1.165, 1.54) is 0 Å². The van der Waals surface area contributed by atoms with Crippen LogP contribution in [0.25, 0.3) is 0 Å². The quantitative estimate of drug-likeness (QED) is 0.266. The fraction of sp³-hybridized carbons (Fsp3) is 0.636. The van der Waals surface area contributed by atoms with Gasteiger partial charge in [0.1, 0.15) is 24.4 Å². The molecule has 1 saturated heterocycles. The molecule has 114 valence electrons. The van der Waals surface area contributed by atoms with Crippen molar-refractivity contribution in [3.8, 4) is 0 Å². The van der Waals surface area contributed by atoms with Crippen molar-refractivity contribution in [2.24, 2.45) is 0 Å². The molecule has 0 spiro atoms. The second-order valence-electron chi connectivity index (χ2n) is 4.11. The van der Waals surface area contributed by atoms with Crippen LogP contribution in [0.1, 0.15) is 0 Å². The molecule has 0 aromatic carbocycles. The van der Waals surface area contributed by atoms with E-state index in [1.54, 1.807) is 0 Å². The van der Waals surface area contributed by atoms with Crippen LogP contribution in [0.5, 0.6) is 0 Å². The van der Waals surface area contributed by atoms with E-state index in [4.69, 9.17) is 9.84 Å². The van der Waals surface area contributed by atoms with Crippen LogP contribution in [-0.4, -0.2) is 76.7 Å². The Morgan fingerprint density at radius 3 is 2.40 bits per heavy atom. The van der Waals surface area contributed by atoms with E-state index in [2.05, 4.69) is 10.1 Å². The summed E-state index contributed by atoms with van der Waals surface area (Å²) in [5.74, 6) is -1.52. The van der Waals surface area contributed by atoms with E-state index >= 15 is 0 Å². The Bertz CT molecular complexity index is 383. The van der Waals surface area contributed by atoms with Crippen LogP contribution in [0.4, 0.5) is 0 Å². The summed E-state index contributed by atoms with van der Waals surface area (Å²) in [4.78, 5) is 22.2. The number of aliphatic hydroxyl groups is 4. The number of rotatable bonds is 4. The maximum absolute atomic E-state index is 11.5. The molecular formula is C11H17NO8. The van der Waals surface area contributed by atoms with E-state index in [0.717, 1.165) is 19.3 Å². The van der Waals surface area contributed by atoms with Gasteiger partial charge in [-0.05, 0) is 0 Å². The first kappa shape index (κ1) is 16.5. The van der Waals surface area contributed by atoms with Crippen molar-refractivity contribution in [3.05, 3.63) is 12.2 Å². The van der Waals surface area contributed by atoms with Crippen molar-refractivity contribution in [2.75, 3.05) is 13.7 Å². The topological polar surface area (TPSA) is 146 Å². The molecule has 1 heterocycles. The summed E-state index contributed by atoms with van der Waals surface area (Å²) in [5.41, 5.74) is 0. The molecule has 0 saturated carbocycles. The van der Waals surface area contributed by atoms with Crippen LogP contribution in [0, 0.1) is 0 Å². The molecule has 0 aromatic heterocycles. The summed E-state index contributed by atoms with van der Waals surface area (Å²) in [6.45, 7) is -0.602. The molecule has 0 bridgehead atoms. The van der Waals surface area contributed by atoms with E-state index < -0.39 is 49.1 Å². The minimum Gasteiger partial charge on any atom is -0.466 e. The number of carbonyl (C=O) groups excluding carboxylic acids is 2. The number of methoxy groups -OCH3 is 1. The summed E-state index contributed by atoms with van der Waals surface area (Å²) in [6, 6.07) is 0. The molecule has 0 aromatic rings. The third-order valence-corrected chi connectivity index (χ3v) is 2.75. The lowest BCUT2D eigenvalue weighted by Crippen LogP contribution is -2.63. The maximum atomic E-state index is 11.5. The van der Waals surface area contributed by atoms with Crippen LogP contribution in [-0.2, 0) is 19.1 Å². The normalized spacial score (nSPS) is 34.0. The molecule has 5 N–H and O–H groups in total. The molecule has 5 atom stereocenters. The standard InChI is InChI=1S/C11H17NO8/c1-19-7(15)3-2-6(14)12-11-10(18)9(17)8(16)5(4-13)20-11/h2-3,5,8-11,13,16-18H,4H2,1H3,(H,12,14)/b3-2+/t5-,8-,9+,10-,11-/m1/s1. The van der Waals surface area contributed by atoms with Gasteiger partial charge >= 0.3 is 5.97 Å². The Labute approximate surface area is 114 Å². The number of aliphatic hydroxyl groups excluding tert-OH is 4. The minimum absolute atomic E-state index is 0.602. The molecule has 9 nitrogen and oxygen atoms in total. The van der Waals surface area contributed by atoms with E-state index in [0.29, 0.717) is 0 Å². The molecular weight excluding hydrogens is 274 g/mol. The van der Waals surface area contributed by atoms with Gasteiger partial charge in [0, 0.05) is 12.2 Å². The predicted molar refractivity (Wildman–Crippen MR) is 63.1 cm³/mol. The fourth-order valence-corrected chi connectivity index (χ4v) is 1.62. The molecule has 20 heavy (non-hydrogen) atoms. The minimum atomic E-state index is -1.59. The van der Waals surface area contributed by atoms with Crippen molar-refractivity contribution >= 4 is 11.9 Å². The first-order chi connectivity index (χ1) is 9.40. The van der Waals surface area contributed by atoms with Crippen molar-refractivity contribution in [1.82, 2.24) is 5.32 Å². The summed E-state index contributed by atoms with van der Waals surface area (Å²) in [6.07, 6.45) is -5.41. The van der Waals surface area contributed by atoms with Crippen LogP contribution >= 0.6 is 0 Å². The highest BCUT2D eigenvalue weighted by Crippen LogP contribution is 2.19. The molecule has 9 heteroatoms. The zero-order chi connectivity index (χ0) is 15.3. The molecule has 1 aliphatic heterocycles. The van der Waals surface area contributed by atoms with E-state index in [9.17, 15) is 24.9 Å². The van der Waals surface area contributed by atoms with Crippen LogP contribution in [0.15, 0.2) is 12.2 Å². The summed E-state index contributed by atoms with van der Waals surface area (Å²) in [5, 5.41) is 39.8. The number of nitrogens with one attached hydrogen (secondary N) is 1. The molecule has 0 unspecified atom stereocenters. The number of ether oxygens (including phenoxy) is 2. The average Bonchev–Trinajstić information content (AvgIpc) is 2.45. The lowest BCUT2D eigenvalue weighted by Gasteiger charge is -2.39. The second kappa shape index (κ2) is 7.31. The van der Waals surface area contributed by atoms with Crippen molar-refractivity contribution < 1.29 is 39.5 Å². The van der Waals surface area contributed by atoms with Crippen molar-refractivity contribution in [1.29, 1.82) is 0 Å². The predicted octanol–water partition coefficient (Wildman–Crippen LogP) is -3.37. The van der Waals surface area contributed by atoms with Gasteiger partial charge in [0.05, 0.1) is 13.7 Å². The van der Waals surface area contributed by atoms with Crippen LogP contribution in [0.2, 0.25) is 0 Å². The zero-order valence-electron chi connectivity index (χ0n) is 10.7. The van der Waals surface area contributed by atoms with Gasteiger partial charge in [0.25, 0.3) is 0 Å². The Morgan fingerprint density at radius 2 is 1.85 bits per heavy atom. The van der Waals surface area contributed by atoms with Gasteiger partial charge in [-0.25, -0.2) is 4.79 Å². The molecule has 1 aliphatic rings. The smallest absolute Gasteiger partial charge is 0.330 e. The lowest BCUT2D eigenvalue weighted by atomic mass is 9.98. The first-order valence-corrected chi connectivity index (χ1v) is 5.77. The van der Waals surface area contributed by atoms with Gasteiger partial charge in [-0.3, -0.25) is 4.79 Å². The number of hydrogen-bond acceptors (Lipinski definition) is 8. The molecule has 1 fully saturated rings. The molecule has 0 radical (unpaired) electrons. The highest BCUT2D eigenvalue weighted by Gasteiger charge is 2.43. The van der Waals surface area contributed by atoms with E-state index in [1.807, 2.05) is 0 Å². The fourth-order valence-electron chi connectivity index (χ4n) is 1.62. The highest BCUT2D eigenvalue weighted by molar-refractivity contribution is 5.94. The van der Waals surface area contributed by atoms with Crippen molar-refractivity contribution in [2.45, 2.75) is 30.6 Å². The summed E-state index contributed by atoms with van der Waals surface area (Å²) < 4.78 is 9.33. The number of hydrogen-bond donors (Lipinski definition) is 5. The second-order valence-corrected chi connectivity index (χ2v) is 4.11. The Morgan fingerprint density at radius 1 is 1.20 bits per heavy atom. The Kier molecular flexibility index (Phi) is 6.05. The third-order valence-electron chi connectivity index (χ3n) is 2.75. The summed E-state index contributed by atoms with van der Waals surface area (Å²) >= 11 is 0. The third kappa shape index (κ3) is 3.99. The molecule has 1 rings (SSSR count). The monoisotopic (exact) mass is 291 g/mol. The Balaban J connectivity index is 2.64. The number of amides is 1. The van der Waals surface area contributed by atoms with Gasteiger partial charge in [0.2, 0.25) is 5.91 Å². The first-order valence-electron chi connectivity index (χ1n) is 5.77. The molecule has 1 amide bonds.